The van der Waals surface area contributed by atoms with Crippen LogP contribution in [0.4, 0.5) is 0 Å². The van der Waals surface area contributed by atoms with Crippen molar-refractivity contribution in [2.24, 2.45) is 5.41 Å². The molecule has 0 rings (SSSR count). The second-order valence-corrected chi connectivity index (χ2v) is 4.73. The molecule has 0 unspecified atom stereocenters. The van der Waals surface area contributed by atoms with E-state index in [9.17, 15) is 9.59 Å². The third-order valence-corrected chi connectivity index (χ3v) is 1.72. The molecule has 0 radical (unpaired) electrons. The number of aliphatic hydroxyl groups is 1. The van der Waals surface area contributed by atoms with E-state index in [1.54, 1.807) is 0 Å². The lowest BCUT2D eigenvalue weighted by atomic mass is 9.92. The smallest absolute Gasteiger partial charge is 0.332 e. The van der Waals surface area contributed by atoms with Gasteiger partial charge in [-0.15, -0.1) is 0 Å². The summed E-state index contributed by atoms with van der Waals surface area (Å²) in [6, 6.07) is 0. The van der Waals surface area contributed by atoms with Gasteiger partial charge < -0.3 is 15.5 Å². The Morgan fingerprint density at radius 2 is 1.87 bits per heavy atom. The first-order valence-corrected chi connectivity index (χ1v) is 4.90. The average molecular weight is 217 g/mol. The Bertz CT molecular complexity index is 232. The molecule has 0 aromatic heterocycles. The molecule has 0 spiro atoms. The Hall–Kier alpha value is -1.10. The van der Waals surface area contributed by atoms with E-state index in [0.29, 0.717) is 6.42 Å². The highest BCUT2D eigenvalue weighted by atomic mass is 16.4. The Labute approximate surface area is 89.5 Å². The molecule has 0 saturated heterocycles. The van der Waals surface area contributed by atoms with E-state index < -0.39 is 12.1 Å². The number of aliphatic hydroxyl groups excluding tert-OH is 1. The van der Waals surface area contributed by atoms with Gasteiger partial charge in [-0.1, -0.05) is 20.8 Å². The maximum atomic E-state index is 11.3. The lowest BCUT2D eigenvalue weighted by Crippen LogP contribution is -2.32. The van der Waals surface area contributed by atoms with Crippen molar-refractivity contribution in [3.63, 3.8) is 0 Å². The molecule has 15 heavy (non-hydrogen) atoms. The number of hydrogen-bond acceptors (Lipinski definition) is 3. The predicted octanol–water partition coefficient (Wildman–Crippen LogP) is 0.374. The van der Waals surface area contributed by atoms with Gasteiger partial charge in [-0.2, -0.15) is 0 Å². The van der Waals surface area contributed by atoms with Crippen LogP contribution in [0, 0.1) is 5.41 Å². The molecule has 1 atom stereocenters. The van der Waals surface area contributed by atoms with Gasteiger partial charge in [0, 0.05) is 19.4 Å². The van der Waals surface area contributed by atoms with E-state index in [1.807, 2.05) is 20.8 Å². The summed E-state index contributed by atoms with van der Waals surface area (Å²) >= 11 is 0. The number of carbonyl (C=O) groups is 2. The van der Waals surface area contributed by atoms with Crippen molar-refractivity contribution in [3.05, 3.63) is 0 Å². The summed E-state index contributed by atoms with van der Waals surface area (Å²) in [7, 11) is 0. The normalized spacial score (nSPS) is 13.3. The highest BCUT2D eigenvalue weighted by molar-refractivity contribution is 5.76. The first-order chi connectivity index (χ1) is 6.72. The average Bonchev–Trinajstić information content (AvgIpc) is 2.00. The number of rotatable bonds is 5. The van der Waals surface area contributed by atoms with E-state index in [2.05, 4.69) is 5.32 Å². The van der Waals surface area contributed by atoms with Gasteiger partial charge in [0.2, 0.25) is 5.91 Å². The minimum absolute atomic E-state index is 0.0330. The van der Waals surface area contributed by atoms with Gasteiger partial charge in [-0.05, 0) is 5.41 Å². The molecule has 0 aliphatic rings. The summed E-state index contributed by atoms with van der Waals surface area (Å²) in [6.45, 7) is 6.01. The molecule has 0 aliphatic carbocycles. The van der Waals surface area contributed by atoms with Crippen LogP contribution in [0.5, 0.6) is 0 Å². The number of nitrogens with one attached hydrogen (secondary N) is 1. The SMILES string of the molecule is CC(C)(C)CC(=O)NCC[C@H](O)C(=O)O. The van der Waals surface area contributed by atoms with E-state index in [-0.39, 0.29) is 24.3 Å². The highest BCUT2D eigenvalue weighted by Crippen LogP contribution is 2.17. The maximum absolute atomic E-state index is 11.3. The molecule has 0 aromatic rings. The van der Waals surface area contributed by atoms with Crippen LogP contribution < -0.4 is 5.32 Å². The first-order valence-electron chi connectivity index (χ1n) is 4.90. The van der Waals surface area contributed by atoms with E-state index in [1.165, 1.54) is 0 Å². The standard InChI is InChI=1S/C10H19NO4/c1-10(2,3)6-8(13)11-5-4-7(12)9(14)15/h7,12H,4-6H2,1-3H3,(H,11,13)(H,14,15)/t7-/m0/s1. The fraction of sp³-hybridized carbons (Fsp3) is 0.800. The zero-order valence-electron chi connectivity index (χ0n) is 9.41. The van der Waals surface area contributed by atoms with Crippen molar-refractivity contribution < 1.29 is 19.8 Å². The lowest BCUT2D eigenvalue weighted by molar-refractivity contribution is -0.147. The zero-order chi connectivity index (χ0) is 12.1. The third-order valence-electron chi connectivity index (χ3n) is 1.72. The molecule has 88 valence electrons. The van der Waals surface area contributed by atoms with Crippen LogP contribution in [0.1, 0.15) is 33.6 Å². The Balaban J connectivity index is 3.69. The van der Waals surface area contributed by atoms with E-state index >= 15 is 0 Å². The largest absolute Gasteiger partial charge is 0.479 e. The maximum Gasteiger partial charge on any atom is 0.332 e. The molecule has 5 nitrogen and oxygen atoms in total. The molecule has 0 bridgehead atoms. The van der Waals surface area contributed by atoms with Crippen molar-refractivity contribution in [1.29, 1.82) is 0 Å². The summed E-state index contributed by atoms with van der Waals surface area (Å²) in [5.41, 5.74) is -0.0878. The van der Waals surface area contributed by atoms with Crippen molar-refractivity contribution in [1.82, 2.24) is 5.32 Å². The minimum Gasteiger partial charge on any atom is -0.479 e. The van der Waals surface area contributed by atoms with Crippen molar-refractivity contribution in [2.45, 2.75) is 39.7 Å². The highest BCUT2D eigenvalue weighted by Gasteiger charge is 2.17. The van der Waals surface area contributed by atoms with Gasteiger partial charge in [0.15, 0.2) is 6.10 Å². The van der Waals surface area contributed by atoms with Gasteiger partial charge in [0.25, 0.3) is 0 Å². The number of aliphatic carboxylic acids is 1. The van der Waals surface area contributed by atoms with E-state index in [0.717, 1.165) is 0 Å². The van der Waals surface area contributed by atoms with Gasteiger partial charge in [0.05, 0.1) is 0 Å². The molecule has 0 aliphatic heterocycles. The molecule has 5 heteroatoms. The van der Waals surface area contributed by atoms with Crippen LogP contribution in [0.15, 0.2) is 0 Å². The predicted molar refractivity (Wildman–Crippen MR) is 55.3 cm³/mol. The van der Waals surface area contributed by atoms with Gasteiger partial charge >= 0.3 is 5.97 Å². The second-order valence-electron chi connectivity index (χ2n) is 4.73. The van der Waals surface area contributed by atoms with Crippen LogP contribution in [0.2, 0.25) is 0 Å². The van der Waals surface area contributed by atoms with Crippen molar-refractivity contribution in [3.8, 4) is 0 Å². The van der Waals surface area contributed by atoms with E-state index in [4.69, 9.17) is 10.2 Å². The van der Waals surface area contributed by atoms with Crippen LogP contribution in [-0.2, 0) is 9.59 Å². The number of amides is 1. The fourth-order valence-corrected chi connectivity index (χ4v) is 1.02. The molecule has 0 saturated carbocycles. The van der Waals surface area contributed by atoms with Gasteiger partial charge in [0.1, 0.15) is 0 Å². The summed E-state index contributed by atoms with van der Waals surface area (Å²) in [6.07, 6.45) is -0.985. The van der Waals surface area contributed by atoms with Crippen LogP contribution >= 0.6 is 0 Å². The van der Waals surface area contributed by atoms with Gasteiger partial charge in [-0.3, -0.25) is 4.79 Å². The third kappa shape index (κ3) is 7.93. The monoisotopic (exact) mass is 217 g/mol. The van der Waals surface area contributed by atoms with Crippen LogP contribution in [-0.4, -0.2) is 34.7 Å². The first kappa shape index (κ1) is 13.9. The summed E-state index contributed by atoms with van der Waals surface area (Å²) in [5, 5.41) is 19.9. The van der Waals surface area contributed by atoms with Crippen LogP contribution in [0.25, 0.3) is 0 Å². The molecule has 0 aromatic carbocycles. The molecule has 3 N–H and O–H groups in total. The fourth-order valence-electron chi connectivity index (χ4n) is 1.02. The number of carboxylic acid groups (broad SMARTS) is 1. The molecular weight excluding hydrogens is 198 g/mol. The van der Waals surface area contributed by atoms with Crippen molar-refractivity contribution in [2.75, 3.05) is 6.54 Å². The van der Waals surface area contributed by atoms with Gasteiger partial charge in [-0.25, -0.2) is 4.79 Å². The van der Waals surface area contributed by atoms with Crippen LogP contribution in [0.3, 0.4) is 0 Å². The quantitative estimate of drug-likeness (QED) is 0.621. The summed E-state index contributed by atoms with van der Waals surface area (Å²) < 4.78 is 0. The number of carbonyl (C=O) groups excluding carboxylic acids is 1. The summed E-state index contributed by atoms with van der Waals surface area (Å²) in [4.78, 5) is 21.5. The second kappa shape index (κ2) is 5.70. The number of carboxylic acids is 1. The summed E-state index contributed by atoms with van der Waals surface area (Å²) in [5.74, 6) is -1.39. The Kier molecular flexibility index (Phi) is 5.28. The topological polar surface area (TPSA) is 86.6 Å². The minimum atomic E-state index is -1.40. The molecule has 0 fully saturated rings. The molecular formula is C10H19NO4. The Morgan fingerprint density at radius 1 is 1.33 bits per heavy atom. The lowest BCUT2D eigenvalue weighted by Gasteiger charge is -2.17. The molecule has 0 heterocycles. The Morgan fingerprint density at radius 3 is 2.27 bits per heavy atom. The zero-order valence-corrected chi connectivity index (χ0v) is 9.41. The number of hydrogen-bond donors (Lipinski definition) is 3. The van der Waals surface area contributed by atoms with Crippen molar-refractivity contribution >= 4 is 11.9 Å². The molecule has 1 amide bonds.